The van der Waals surface area contributed by atoms with Crippen LogP contribution in [0.15, 0.2) is 17.0 Å². The summed E-state index contributed by atoms with van der Waals surface area (Å²) < 4.78 is 67.6. The minimum absolute atomic E-state index is 0. The Kier molecular flexibility index (Phi) is 7.98. The molecule has 7 nitrogen and oxygen atoms in total. The van der Waals surface area contributed by atoms with Crippen LogP contribution in [0.4, 0.5) is 8.78 Å². The van der Waals surface area contributed by atoms with Crippen molar-refractivity contribution in [1.82, 2.24) is 4.72 Å². The van der Waals surface area contributed by atoms with Gasteiger partial charge in [0.2, 0.25) is 10.0 Å². The van der Waals surface area contributed by atoms with Gasteiger partial charge in [-0.2, -0.15) is 0 Å². The number of halogens is 3. The van der Waals surface area contributed by atoms with E-state index in [1.54, 1.807) is 4.72 Å². The Labute approximate surface area is 139 Å². The van der Waals surface area contributed by atoms with E-state index in [2.05, 4.69) is 0 Å². The largest absolute Gasteiger partial charge is 0.496 e. The van der Waals surface area contributed by atoms with E-state index >= 15 is 0 Å². The second-order valence-corrected chi connectivity index (χ2v) is 5.95. The maximum absolute atomic E-state index is 13.1. The highest BCUT2D eigenvalue weighted by Gasteiger charge is 2.32. The summed E-state index contributed by atoms with van der Waals surface area (Å²) in [4.78, 5) is -0.397. The second kappa shape index (κ2) is 8.48. The lowest BCUT2D eigenvalue weighted by molar-refractivity contribution is 0.0170. The van der Waals surface area contributed by atoms with Gasteiger partial charge in [0.1, 0.15) is 17.2 Å². The van der Waals surface area contributed by atoms with E-state index in [-0.39, 0.29) is 23.9 Å². The molecule has 0 amide bonds. The fourth-order valence-corrected chi connectivity index (χ4v) is 2.94. The molecule has 0 aromatic heterocycles. The van der Waals surface area contributed by atoms with Gasteiger partial charge in [-0.15, -0.1) is 12.4 Å². The Morgan fingerprint density at radius 1 is 1.13 bits per heavy atom. The van der Waals surface area contributed by atoms with Crippen molar-refractivity contribution in [2.75, 3.05) is 34.4 Å². The predicted molar refractivity (Wildman–Crippen MR) is 82.5 cm³/mol. The summed E-state index contributed by atoms with van der Waals surface area (Å²) in [6.07, 6.45) is 0. The molecule has 0 aliphatic carbocycles. The van der Waals surface area contributed by atoms with Gasteiger partial charge >= 0.3 is 0 Å². The SMILES string of the molecule is COc1cc(OC)c(S(=O)(=O)NCC(F)(F)CN)c(OC)c1.Cl. The summed E-state index contributed by atoms with van der Waals surface area (Å²) in [5, 5.41) is 0. The molecule has 0 heterocycles. The number of alkyl halides is 2. The molecule has 1 aromatic rings. The standard InChI is InChI=1S/C12H18F2N2O5S.ClH/c1-19-8-4-9(20-2)11(10(5-8)21-3)22(17,18)16-7-12(13,14)6-15;/h4-5,16H,6-7,15H2,1-3H3;1H. The van der Waals surface area contributed by atoms with E-state index in [4.69, 9.17) is 19.9 Å². The van der Waals surface area contributed by atoms with Gasteiger partial charge in [0.15, 0.2) is 4.90 Å². The first kappa shape index (κ1) is 21.6. The molecular weight excluding hydrogens is 358 g/mol. The number of hydrogen-bond acceptors (Lipinski definition) is 6. The topological polar surface area (TPSA) is 99.9 Å². The molecule has 3 N–H and O–H groups in total. The predicted octanol–water partition coefficient (Wildman–Crippen LogP) is 1.01. The summed E-state index contributed by atoms with van der Waals surface area (Å²) in [6, 6.07) is 2.61. The summed E-state index contributed by atoms with van der Waals surface area (Å²) in [5.74, 6) is -3.26. The van der Waals surface area contributed by atoms with Crippen LogP contribution in [0.3, 0.4) is 0 Å². The van der Waals surface area contributed by atoms with Crippen LogP contribution in [-0.4, -0.2) is 48.8 Å². The highest BCUT2D eigenvalue weighted by atomic mass is 35.5. The van der Waals surface area contributed by atoms with Crippen LogP contribution in [0.25, 0.3) is 0 Å². The van der Waals surface area contributed by atoms with Crippen LogP contribution in [0.1, 0.15) is 0 Å². The minimum atomic E-state index is -4.31. The van der Waals surface area contributed by atoms with Crippen LogP contribution in [0, 0.1) is 0 Å². The lowest BCUT2D eigenvalue weighted by Crippen LogP contribution is -2.41. The van der Waals surface area contributed by atoms with Crippen molar-refractivity contribution in [1.29, 1.82) is 0 Å². The van der Waals surface area contributed by atoms with Gasteiger partial charge in [0.05, 0.1) is 34.4 Å². The third kappa shape index (κ3) is 5.34. The van der Waals surface area contributed by atoms with Crippen molar-refractivity contribution in [2.24, 2.45) is 5.73 Å². The molecule has 0 aliphatic heterocycles. The van der Waals surface area contributed by atoms with Crippen LogP contribution >= 0.6 is 12.4 Å². The van der Waals surface area contributed by atoms with Gasteiger partial charge in [-0.1, -0.05) is 0 Å². The monoisotopic (exact) mass is 376 g/mol. The minimum Gasteiger partial charge on any atom is -0.496 e. The smallest absolute Gasteiger partial charge is 0.273 e. The summed E-state index contributed by atoms with van der Waals surface area (Å²) in [5.41, 5.74) is 4.87. The Morgan fingerprint density at radius 2 is 1.61 bits per heavy atom. The van der Waals surface area contributed by atoms with Crippen molar-refractivity contribution < 1.29 is 31.4 Å². The van der Waals surface area contributed by atoms with Crippen molar-refractivity contribution in [2.45, 2.75) is 10.8 Å². The molecule has 0 bridgehead atoms. The Hall–Kier alpha value is -1.36. The number of rotatable bonds is 8. The molecule has 0 unspecified atom stereocenters. The number of methoxy groups -OCH3 is 3. The van der Waals surface area contributed by atoms with Crippen LogP contribution in [0.2, 0.25) is 0 Å². The van der Waals surface area contributed by atoms with Crippen molar-refractivity contribution >= 4 is 22.4 Å². The van der Waals surface area contributed by atoms with E-state index in [0.717, 1.165) is 0 Å². The van der Waals surface area contributed by atoms with Gasteiger partial charge < -0.3 is 19.9 Å². The highest BCUT2D eigenvalue weighted by molar-refractivity contribution is 7.89. The van der Waals surface area contributed by atoms with Crippen LogP contribution in [-0.2, 0) is 10.0 Å². The molecule has 23 heavy (non-hydrogen) atoms. The molecule has 0 radical (unpaired) electrons. The molecule has 0 saturated heterocycles. The Balaban J connectivity index is 0.00000484. The van der Waals surface area contributed by atoms with Gasteiger partial charge in [0.25, 0.3) is 5.92 Å². The van der Waals surface area contributed by atoms with Gasteiger partial charge in [-0.25, -0.2) is 21.9 Å². The quantitative estimate of drug-likeness (QED) is 0.702. The summed E-state index contributed by atoms with van der Waals surface area (Å²) >= 11 is 0. The van der Waals surface area contributed by atoms with Crippen LogP contribution < -0.4 is 24.7 Å². The molecule has 0 spiro atoms. The number of nitrogens with two attached hydrogens (primary N) is 1. The first-order chi connectivity index (χ1) is 10.2. The maximum Gasteiger partial charge on any atom is 0.273 e. The molecule has 0 atom stereocenters. The van der Waals surface area contributed by atoms with E-state index in [1.165, 1.54) is 33.5 Å². The molecule has 1 aromatic carbocycles. The fourth-order valence-electron chi connectivity index (χ4n) is 1.58. The third-order valence-corrected chi connectivity index (χ3v) is 4.22. The van der Waals surface area contributed by atoms with Crippen molar-refractivity contribution in [3.8, 4) is 17.2 Å². The third-order valence-electron chi connectivity index (χ3n) is 2.76. The van der Waals surface area contributed by atoms with Crippen molar-refractivity contribution in [3.63, 3.8) is 0 Å². The van der Waals surface area contributed by atoms with Crippen LogP contribution in [0.5, 0.6) is 17.2 Å². The maximum atomic E-state index is 13.1. The summed E-state index contributed by atoms with van der Waals surface area (Å²) in [6.45, 7) is -2.11. The number of ether oxygens (including phenoxy) is 3. The number of nitrogens with one attached hydrogen (secondary N) is 1. The van der Waals surface area contributed by atoms with E-state index in [9.17, 15) is 17.2 Å². The fraction of sp³-hybridized carbons (Fsp3) is 0.500. The molecule has 11 heteroatoms. The van der Waals surface area contributed by atoms with Gasteiger partial charge in [-0.05, 0) is 0 Å². The zero-order valence-corrected chi connectivity index (χ0v) is 14.4. The molecule has 0 saturated carbocycles. The summed E-state index contributed by atoms with van der Waals surface area (Å²) in [7, 11) is -0.452. The highest BCUT2D eigenvalue weighted by Crippen LogP contribution is 2.37. The first-order valence-electron chi connectivity index (χ1n) is 6.08. The first-order valence-corrected chi connectivity index (χ1v) is 7.56. The molecule has 0 aliphatic rings. The van der Waals surface area contributed by atoms with E-state index < -0.39 is 33.9 Å². The second-order valence-electron chi connectivity index (χ2n) is 4.25. The zero-order valence-electron chi connectivity index (χ0n) is 12.8. The van der Waals surface area contributed by atoms with Gasteiger partial charge in [-0.3, -0.25) is 0 Å². The van der Waals surface area contributed by atoms with E-state index in [1.807, 2.05) is 0 Å². The number of benzene rings is 1. The molecule has 1 rings (SSSR count). The Morgan fingerprint density at radius 3 is 1.96 bits per heavy atom. The van der Waals surface area contributed by atoms with E-state index in [0.29, 0.717) is 5.75 Å². The average molecular weight is 377 g/mol. The van der Waals surface area contributed by atoms with Crippen molar-refractivity contribution in [3.05, 3.63) is 12.1 Å². The molecule has 134 valence electrons. The molecule has 0 fully saturated rings. The molecular formula is C12H19ClF2N2O5S. The normalized spacial score (nSPS) is 11.6. The zero-order chi connectivity index (χ0) is 17.0. The lowest BCUT2D eigenvalue weighted by Gasteiger charge is -2.18. The Bertz CT molecular complexity index is 603. The average Bonchev–Trinajstić information content (AvgIpc) is 2.51. The number of sulfonamides is 1. The lowest BCUT2D eigenvalue weighted by atomic mass is 10.3. The van der Waals surface area contributed by atoms with Gasteiger partial charge in [0, 0.05) is 12.1 Å². The number of hydrogen-bond donors (Lipinski definition) is 2.